The van der Waals surface area contributed by atoms with Gasteiger partial charge in [0.25, 0.3) is 0 Å². The molecule has 2 N–H and O–H groups in total. The Bertz CT molecular complexity index is 1270. The second kappa shape index (κ2) is 12.1. The number of hydrogen-bond acceptors (Lipinski definition) is 5. The standard InChI is InChI=1S/C25H21ClF3N3O4/c1-2-35-22-12-16(10-11-21(22)36-15-17-6-3-4-9-20(17)26)14-30-32-24(34)23(33)31-19-8-5-7-18(13-19)25(27,28)29/h3-14H,2,15H2,1H3,(H,31,33)(H,32,34). The number of carbonyl (C=O) groups is 2. The third-order valence-corrected chi connectivity index (χ3v) is 5.01. The monoisotopic (exact) mass is 519 g/mol. The van der Waals surface area contributed by atoms with Gasteiger partial charge in [-0.3, -0.25) is 9.59 Å². The van der Waals surface area contributed by atoms with Gasteiger partial charge in [-0.2, -0.15) is 18.3 Å². The van der Waals surface area contributed by atoms with Crippen LogP contribution in [0.15, 0.2) is 71.8 Å². The van der Waals surface area contributed by atoms with E-state index < -0.39 is 23.6 Å². The molecular weight excluding hydrogens is 499 g/mol. The van der Waals surface area contributed by atoms with Gasteiger partial charge in [-0.1, -0.05) is 35.9 Å². The first kappa shape index (κ1) is 26.6. The second-order valence-corrected chi connectivity index (χ2v) is 7.66. The summed E-state index contributed by atoms with van der Waals surface area (Å²) in [5.41, 5.74) is 2.22. The highest BCUT2D eigenvalue weighted by Gasteiger charge is 2.30. The molecule has 0 bridgehead atoms. The Morgan fingerprint density at radius 1 is 0.972 bits per heavy atom. The second-order valence-electron chi connectivity index (χ2n) is 7.25. The van der Waals surface area contributed by atoms with E-state index in [0.29, 0.717) is 28.7 Å². The predicted octanol–water partition coefficient (Wildman–Crippen LogP) is 5.43. The van der Waals surface area contributed by atoms with Gasteiger partial charge in [0.2, 0.25) is 0 Å². The van der Waals surface area contributed by atoms with Crippen molar-refractivity contribution < 1.29 is 32.2 Å². The molecule has 0 spiro atoms. The van der Waals surface area contributed by atoms with E-state index in [0.717, 1.165) is 23.8 Å². The largest absolute Gasteiger partial charge is 0.490 e. The van der Waals surface area contributed by atoms with Gasteiger partial charge >= 0.3 is 18.0 Å². The van der Waals surface area contributed by atoms with Gasteiger partial charge in [0.15, 0.2) is 11.5 Å². The topological polar surface area (TPSA) is 89.0 Å². The average molecular weight is 520 g/mol. The molecule has 0 saturated heterocycles. The van der Waals surface area contributed by atoms with Gasteiger partial charge in [0, 0.05) is 16.3 Å². The average Bonchev–Trinajstić information content (AvgIpc) is 2.84. The molecule has 3 aromatic carbocycles. The van der Waals surface area contributed by atoms with E-state index in [4.69, 9.17) is 21.1 Å². The minimum absolute atomic E-state index is 0.178. The van der Waals surface area contributed by atoms with Crippen LogP contribution in [0.3, 0.4) is 0 Å². The SMILES string of the molecule is CCOc1cc(C=NNC(=O)C(=O)Nc2cccc(C(F)(F)F)c2)ccc1OCc1ccccc1Cl. The normalized spacial score (nSPS) is 11.2. The van der Waals surface area contributed by atoms with E-state index in [1.54, 1.807) is 24.3 Å². The Labute approximate surface area is 209 Å². The fraction of sp³-hybridized carbons (Fsp3) is 0.160. The van der Waals surface area contributed by atoms with Crippen molar-refractivity contribution in [2.75, 3.05) is 11.9 Å². The van der Waals surface area contributed by atoms with Gasteiger partial charge in [0.1, 0.15) is 6.61 Å². The summed E-state index contributed by atoms with van der Waals surface area (Å²) >= 11 is 6.16. The van der Waals surface area contributed by atoms with Crippen molar-refractivity contribution in [1.29, 1.82) is 0 Å². The number of halogens is 4. The number of hydrazone groups is 1. The van der Waals surface area contributed by atoms with Gasteiger partial charge < -0.3 is 14.8 Å². The minimum atomic E-state index is -4.58. The zero-order valence-corrected chi connectivity index (χ0v) is 19.7. The maximum absolute atomic E-state index is 12.8. The molecule has 36 heavy (non-hydrogen) atoms. The highest BCUT2D eigenvalue weighted by Crippen LogP contribution is 2.31. The van der Waals surface area contributed by atoms with Gasteiger partial charge in [0.05, 0.1) is 18.4 Å². The fourth-order valence-corrected chi connectivity index (χ4v) is 3.13. The molecule has 0 radical (unpaired) electrons. The molecule has 3 aromatic rings. The molecule has 0 fully saturated rings. The lowest BCUT2D eigenvalue weighted by Gasteiger charge is -2.13. The van der Waals surface area contributed by atoms with E-state index in [9.17, 15) is 22.8 Å². The number of rotatable bonds is 8. The lowest BCUT2D eigenvalue weighted by Crippen LogP contribution is -2.32. The number of anilines is 1. The molecule has 0 aliphatic rings. The molecule has 0 unspecified atom stereocenters. The first-order valence-corrected chi connectivity index (χ1v) is 11.0. The molecule has 188 valence electrons. The highest BCUT2D eigenvalue weighted by molar-refractivity contribution is 6.39. The van der Waals surface area contributed by atoms with Crippen molar-refractivity contribution in [3.05, 3.63) is 88.4 Å². The molecule has 0 aliphatic carbocycles. The summed E-state index contributed by atoms with van der Waals surface area (Å²) in [4.78, 5) is 24.0. The minimum Gasteiger partial charge on any atom is -0.490 e. The van der Waals surface area contributed by atoms with Crippen LogP contribution in [-0.2, 0) is 22.4 Å². The molecule has 2 amide bonds. The van der Waals surface area contributed by atoms with Crippen LogP contribution in [0.2, 0.25) is 5.02 Å². The third kappa shape index (κ3) is 7.47. The summed E-state index contributed by atoms with van der Waals surface area (Å²) in [6.07, 6.45) is -3.31. The van der Waals surface area contributed by atoms with Crippen LogP contribution in [0.1, 0.15) is 23.6 Å². The van der Waals surface area contributed by atoms with E-state index in [1.807, 2.05) is 30.5 Å². The summed E-state index contributed by atoms with van der Waals surface area (Å²) in [5.74, 6) is -1.43. The molecule has 3 rings (SSSR count). The van der Waals surface area contributed by atoms with Crippen LogP contribution in [0.4, 0.5) is 18.9 Å². The van der Waals surface area contributed by atoms with Crippen molar-refractivity contribution in [3.8, 4) is 11.5 Å². The fourth-order valence-electron chi connectivity index (χ4n) is 2.94. The van der Waals surface area contributed by atoms with Crippen molar-refractivity contribution >= 4 is 35.3 Å². The van der Waals surface area contributed by atoms with Crippen LogP contribution in [0, 0.1) is 0 Å². The molecule has 0 heterocycles. The Morgan fingerprint density at radius 3 is 2.47 bits per heavy atom. The van der Waals surface area contributed by atoms with Crippen LogP contribution >= 0.6 is 11.6 Å². The van der Waals surface area contributed by atoms with Crippen LogP contribution in [-0.4, -0.2) is 24.6 Å². The number of nitrogens with one attached hydrogen (secondary N) is 2. The first-order chi connectivity index (χ1) is 17.2. The summed E-state index contributed by atoms with van der Waals surface area (Å²) in [7, 11) is 0. The first-order valence-electron chi connectivity index (χ1n) is 10.6. The molecular formula is C25H21ClF3N3O4. The number of amides is 2. The molecule has 7 nitrogen and oxygen atoms in total. The molecule has 0 saturated carbocycles. The number of carbonyl (C=O) groups excluding carboxylic acids is 2. The van der Waals surface area contributed by atoms with E-state index >= 15 is 0 Å². The Hall–Kier alpha value is -4.05. The molecule has 0 atom stereocenters. The smallest absolute Gasteiger partial charge is 0.416 e. The van der Waals surface area contributed by atoms with Crippen molar-refractivity contribution in [2.24, 2.45) is 5.10 Å². The van der Waals surface area contributed by atoms with Crippen LogP contribution < -0.4 is 20.2 Å². The number of nitrogens with zero attached hydrogens (tertiary/aromatic N) is 1. The van der Waals surface area contributed by atoms with Crippen LogP contribution in [0.25, 0.3) is 0 Å². The zero-order chi connectivity index (χ0) is 26.1. The van der Waals surface area contributed by atoms with Gasteiger partial charge in [-0.25, -0.2) is 5.43 Å². The van der Waals surface area contributed by atoms with E-state index in [-0.39, 0.29) is 12.3 Å². The Morgan fingerprint density at radius 2 is 1.75 bits per heavy atom. The predicted molar refractivity (Wildman–Crippen MR) is 129 cm³/mol. The van der Waals surface area contributed by atoms with Crippen LogP contribution in [0.5, 0.6) is 11.5 Å². The summed E-state index contributed by atoms with van der Waals surface area (Å²) < 4.78 is 49.8. The van der Waals surface area contributed by atoms with Crippen molar-refractivity contribution in [3.63, 3.8) is 0 Å². The maximum atomic E-state index is 12.8. The summed E-state index contributed by atoms with van der Waals surface area (Å²) in [5, 5.41) is 6.39. The van der Waals surface area contributed by atoms with E-state index in [2.05, 4.69) is 10.4 Å². The Balaban J connectivity index is 1.60. The number of hydrogen-bond donors (Lipinski definition) is 2. The van der Waals surface area contributed by atoms with Gasteiger partial charge in [-0.15, -0.1) is 0 Å². The molecule has 0 aliphatic heterocycles. The van der Waals surface area contributed by atoms with Gasteiger partial charge in [-0.05, 0) is 55.0 Å². The van der Waals surface area contributed by atoms with Crippen molar-refractivity contribution in [1.82, 2.24) is 5.43 Å². The third-order valence-electron chi connectivity index (χ3n) is 4.64. The maximum Gasteiger partial charge on any atom is 0.416 e. The lowest BCUT2D eigenvalue weighted by atomic mass is 10.2. The molecule has 11 heteroatoms. The summed E-state index contributed by atoms with van der Waals surface area (Å²) in [6, 6.07) is 16.1. The van der Waals surface area contributed by atoms with E-state index in [1.165, 1.54) is 12.3 Å². The van der Waals surface area contributed by atoms with Crippen molar-refractivity contribution in [2.45, 2.75) is 19.7 Å². The highest BCUT2D eigenvalue weighted by atomic mass is 35.5. The number of alkyl halides is 3. The zero-order valence-electron chi connectivity index (χ0n) is 18.9. The summed E-state index contributed by atoms with van der Waals surface area (Å²) in [6.45, 7) is 2.40. The Kier molecular flexibility index (Phi) is 8.91. The molecule has 0 aromatic heterocycles. The lowest BCUT2D eigenvalue weighted by molar-refractivity contribution is -0.137. The number of benzene rings is 3. The number of ether oxygens (including phenoxy) is 2. The quantitative estimate of drug-likeness (QED) is 0.236.